The lowest BCUT2D eigenvalue weighted by Gasteiger charge is -2.35. The number of hydrogen-bond donors (Lipinski definition) is 1. The van der Waals surface area contributed by atoms with Gasteiger partial charge < -0.3 is 4.90 Å². The van der Waals surface area contributed by atoms with Crippen LogP contribution in [0.25, 0.3) is 0 Å². The van der Waals surface area contributed by atoms with Crippen molar-refractivity contribution in [1.29, 1.82) is 0 Å². The highest BCUT2D eigenvalue weighted by atomic mass is 32.1. The Hall–Kier alpha value is -1.62. The minimum atomic E-state index is 0.0509. The number of amides is 1. The van der Waals surface area contributed by atoms with Gasteiger partial charge in [-0.1, -0.05) is 20.8 Å². The molecule has 2 aromatic rings. The summed E-state index contributed by atoms with van der Waals surface area (Å²) in [5.41, 5.74) is 2.91. The molecule has 0 aromatic carbocycles. The number of nitrogens with zero attached hydrogens (tertiary/aromatic N) is 2. The Labute approximate surface area is 135 Å². The number of carbonyl (C=O) groups is 1. The molecule has 0 saturated heterocycles. The highest BCUT2D eigenvalue weighted by molar-refractivity contribution is 7.10. The van der Waals surface area contributed by atoms with Gasteiger partial charge in [-0.05, 0) is 48.3 Å². The Morgan fingerprint density at radius 2 is 2.36 bits per heavy atom. The van der Waals surface area contributed by atoms with Gasteiger partial charge in [0.25, 0.3) is 5.91 Å². The summed E-state index contributed by atoms with van der Waals surface area (Å²) in [7, 11) is 0. The number of hydrogen-bond acceptors (Lipinski definition) is 3. The third kappa shape index (κ3) is 2.82. The van der Waals surface area contributed by atoms with E-state index >= 15 is 0 Å². The van der Waals surface area contributed by atoms with E-state index in [1.54, 1.807) is 11.3 Å². The van der Waals surface area contributed by atoms with Crippen LogP contribution in [0.15, 0.2) is 17.5 Å². The van der Waals surface area contributed by atoms with E-state index < -0.39 is 0 Å². The quantitative estimate of drug-likeness (QED) is 0.932. The Balaban J connectivity index is 1.81. The predicted octanol–water partition coefficient (Wildman–Crippen LogP) is 3.82. The summed E-state index contributed by atoms with van der Waals surface area (Å²) in [5, 5.41) is 9.39. The number of nitrogens with one attached hydrogen (secondary N) is 1. The van der Waals surface area contributed by atoms with Gasteiger partial charge >= 0.3 is 0 Å². The van der Waals surface area contributed by atoms with Crippen LogP contribution in [0.5, 0.6) is 0 Å². The zero-order valence-electron chi connectivity index (χ0n) is 13.4. The average Bonchev–Trinajstić information content (AvgIpc) is 3.13. The van der Waals surface area contributed by atoms with Crippen LogP contribution in [0.3, 0.4) is 0 Å². The molecule has 0 spiro atoms. The van der Waals surface area contributed by atoms with Crippen molar-refractivity contribution in [2.24, 2.45) is 5.92 Å². The zero-order chi connectivity index (χ0) is 15.7. The fraction of sp³-hybridized carbons (Fsp3) is 0.529. The molecule has 1 unspecified atom stereocenters. The van der Waals surface area contributed by atoms with Gasteiger partial charge in [-0.3, -0.25) is 9.89 Å². The van der Waals surface area contributed by atoms with Gasteiger partial charge in [-0.15, -0.1) is 11.3 Å². The zero-order valence-corrected chi connectivity index (χ0v) is 14.2. The molecule has 1 amide bonds. The first kappa shape index (κ1) is 15.3. The van der Waals surface area contributed by atoms with Crippen molar-refractivity contribution in [2.45, 2.75) is 46.1 Å². The molecule has 3 heterocycles. The van der Waals surface area contributed by atoms with Gasteiger partial charge in [0.05, 0.1) is 6.04 Å². The second kappa shape index (κ2) is 6.24. The largest absolute Gasteiger partial charge is 0.330 e. The summed E-state index contributed by atoms with van der Waals surface area (Å²) in [6.45, 7) is 7.26. The van der Waals surface area contributed by atoms with Crippen LogP contribution in [0.2, 0.25) is 0 Å². The minimum absolute atomic E-state index is 0.0509. The van der Waals surface area contributed by atoms with Gasteiger partial charge in [-0.2, -0.15) is 5.10 Å². The molecule has 3 rings (SSSR count). The average molecular weight is 317 g/mol. The molecule has 1 atom stereocenters. The van der Waals surface area contributed by atoms with Crippen LogP contribution >= 0.6 is 11.3 Å². The minimum Gasteiger partial charge on any atom is -0.330 e. The number of aromatic nitrogens is 2. The van der Waals surface area contributed by atoms with Crippen molar-refractivity contribution < 1.29 is 4.79 Å². The first-order valence-corrected chi connectivity index (χ1v) is 8.89. The molecule has 1 aliphatic heterocycles. The first-order valence-electron chi connectivity index (χ1n) is 8.01. The third-order valence-corrected chi connectivity index (χ3v) is 5.22. The molecule has 0 fully saturated rings. The summed E-state index contributed by atoms with van der Waals surface area (Å²) in [6.07, 6.45) is 2.82. The van der Waals surface area contributed by atoms with E-state index in [-0.39, 0.29) is 11.9 Å². The molecule has 118 valence electrons. The smallest absolute Gasteiger partial charge is 0.274 e. The topological polar surface area (TPSA) is 49.0 Å². The SMILES string of the molecule is CCC1c2ccsc2CCN1C(=O)c1cc(CC(C)C)[nH]n1. The summed E-state index contributed by atoms with van der Waals surface area (Å²) >= 11 is 1.81. The number of carbonyl (C=O) groups excluding carboxylic acids is 1. The fourth-order valence-electron chi connectivity index (χ4n) is 3.24. The molecule has 2 aromatic heterocycles. The Bertz CT molecular complexity index is 658. The number of thiophene rings is 1. The predicted molar refractivity (Wildman–Crippen MR) is 89.2 cm³/mol. The second-order valence-corrected chi connectivity index (χ2v) is 7.35. The summed E-state index contributed by atoms with van der Waals surface area (Å²) in [4.78, 5) is 16.3. The van der Waals surface area contributed by atoms with Crippen molar-refractivity contribution in [3.8, 4) is 0 Å². The Kier molecular flexibility index (Phi) is 4.34. The molecule has 0 radical (unpaired) electrons. The normalized spacial score (nSPS) is 17.8. The van der Waals surface area contributed by atoms with Gasteiger partial charge in [0.1, 0.15) is 5.69 Å². The van der Waals surface area contributed by atoms with Crippen LogP contribution in [-0.2, 0) is 12.8 Å². The summed E-state index contributed by atoms with van der Waals surface area (Å²) in [6, 6.07) is 4.27. The lowest BCUT2D eigenvalue weighted by Crippen LogP contribution is -2.39. The van der Waals surface area contributed by atoms with Crippen LogP contribution < -0.4 is 0 Å². The molecule has 4 nitrogen and oxygen atoms in total. The number of aromatic amines is 1. The maximum atomic E-state index is 12.8. The van der Waals surface area contributed by atoms with Crippen molar-refractivity contribution >= 4 is 17.2 Å². The Morgan fingerprint density at radius 3 is 3.09 bits per heavy atom. The van der Waals surface area contributed by atoms with Crippen LogP contribution in [0.4, 0.5) is 0 Å². The number of rotatable bonds is 4. The molecule has 0 saturated carbocycles. The Morgan fingerprint density at radius 1 is 1.55 bits per heavy atom. The monoisotopic (exact) mass is 317 g/mol. The summed E-state index contributed by atoms with van der Waals surface area (Å²) < 4.78 is 0. The number of H-pyrrole nitrogens is 1. The summed E-state index contributed by atoms with van der Waals surface area (Å²) in [5.74, 6) is 0.602. The maximum absolute atomic E-state index is 12.8. The van der Waals surface area contributed by atoms with E-state index in [9.17, 15) is 4.79 Å². The molecule has 0 aliphatic carbocycles. The van der Waals surface area contributed by atoms with E-state index in [1.165, 1.54) is 10.4 Å². The molecule has 0 bridgehead atoms. The molecule has 22 heavy (non-hydrogen) atoms. The third-order valence-electron chi connectivity index (χ3n) is 4.22. The van der Waals surface area contributed by atoms with E-state index in [2.05, 4.69) is 42.4 Å². The number of fused-ring (bicyclic) bond motifs is 1. The van der Waals surface area contributed by atoms with Gasteiger partial charge in [0, 0.05) is 17.1 Å². The van der Waals surface area contributed by atoms with E-state index in [0.717, 1.165) is 31.5 Å². The van der Waals surface area contributed by atoms with E-state index in [4.69, 9.17) is 0 Å². The van der Waals surface area contributed by atoms with Crippen molar-refractivity contribution in [1.82, 2.24) is 15.1 Å². The molecule has 1 aliphatic rings. The molecule has 5 heteroatoms. The van der Waals surface area contributed by atoms with Gasteiger partial charge in [0.2, 0.25) is 0 Å². The highest BCUT2D eigenvalue weighted by Crippen LogP contribution is 2.35. The van der Waals surface area contributed by atoms with Gasteiger partial charge in [-0.25, -0.2) is 0 Å². The lowest BCUT2D eigenvalue weighted by molar-refractivity contribution is 0.0651. The van der Waals surface area contributed by atoms with Crippen molar-refractivity contribution in [3.63, 3.8) is 0 Å². The second-order valence-electron chi connectivity index (χ2n) is 6.35. The van der Waals surface area contributed by atoms with Crippen molar-refractivity contribution in [2.75, 3.05) is 6.54 Å². The van der Waals surface area contributed by atoms with Gasteiger partial charge in [0.15, 0.2) is 0 Å². The molecular formula is C17H23N3OS. The van der Waals surface area contributed by atoms with E-state index in [0.29, 0.717) is 11.6 Å². The van der Waals surface area contributed by atoms with Crippen LogP contribution in [-0.4, -0.2) is 27.5 Å². The van der Waals surface area contributed by atoms with Crippen LogP contribution in [0, 0.1) is 5.92 Å². The fourth-order valence-corrected chi connectivity index (χ4v) is 4.17. The standard InChI is InChI=1S/C17H23N3OS/c1-4-15-13-6-8-22-16(13)5-7-20(15)17(21)14-10-12(18-19-14)9-11(2)3/h6,8,10-11,15H,4-5,7,9H2,1-3H3,(H,18,19). The first-order chi connectivity index (χ1) is 10.6. The van der Waals surface area contributed by atoms with Crippen LogP contribution in [0.1, 0.15) is 59.9 Å². The van der Waals surface area contributed by atoms with Crippen molar-refractivity contribution in [3.05, 3.63) is 39.3 Å². The molecular weight excluding hydrogens is 294 g/mol. The van der Waals surface area contributed by atoms with E-state index in [1.807, 2.05) is 11.0 Å². The lowest BCUT2D eigenvalue weighted by atomic mass is 9.97. The highest BCUT2D eigenvalue weighted by Gasteiger charge is 2.31. The maximum Gasteiger partial charge on any atom is 0.274 e. The molecule has 1 N–H and O–H groups in total.